The van der Waals surface area contributed by atoms with Crippen LogP contribution in [0.15, 0.2) is 79.9 Å². The number of rotatable bonds is 6. The van der Waals surface area contributed by atoms with E-state index in [1.807, 2.05) is 48.5 Å². The number of benzene rings is 2. The molecule has 6 nitrogen and oxygen atoms in total. The van der Waals surface area contributed by atoms with Crippen molar-refractivity contribution in [2.45, 2.75) is 16.4 Å². The third-order valence-electron chi connectivity index (χ3n) is 3.97. The molecular weight excluding hydrogens is 400 g/mol. The van der Waals surface area contributed by atoms with Gasteiger partial charge in [0.15, 0.2) is 5.76 Å². The molecule has 0 saturated heterocycles. The number of aromatic nitrogens is 2. The first-order valence-corrected chi connectivity index (χ1v) is 9.53. The maximum atomic E-state index is 11.4. The minimum absolute atomic E-state index is 0.220. The summed E-state index contributed by atoms with van der Waals surface area (Å²) in [4.78, 5) is 17.9. The quantitative estimate of drug-likeness (QED) is 0.410. The highest BCUT2D eigenvalue weighted by atomic mass is 35.5. The van der Waals surface area contributed by atoms with Crippen LogP contribution in [-0.4, -0.2) is 15.1 Å². The van der Waals surface area contributed by atoms with E-state index in [0.717, 1.165) is 21.1 Å². The molecule has 142 valence electrons. The average molecular weight is 415 g/mol. The molecule has 2 aromatic heterocycles. The Bertz CT molecular complexity index is 1150. The molecule has 3 N–H and O–H groups in total. The van der Waals surface area contributed by atoms with Crippen molar-refractivity contribution in [3.8, 4) is 23.1 Å². The Hall–Kier alpha value is -3.03. The Labute approximate surface area is 169 Å². The van der Waals surface area contributed by atoms with E-state index in [0.29, 0.717) is 17.4 Å². The summed E-state index contributed by atoms with van der Waals surface area (Å²) in [6.45, 7) is 0.387. The van der Waals surface area contributed by atoms with Crippen molar-refractivity contribution in [3.05, 3.63) is 81.9 Å². The van der Waals surface area contributed by atoms with Gasteiger partial charge in [-0.3, -0.25) is 9.97 Å². The fraction of sp³-hybridized carbons (Fsp3) is 0.0500. The van der Waals surface area contributed by atoms with E-state index in [4.69, 9.17) is 20.8 Å². The van der Waals surface area contributed by atoms with E-state index >= 15 is 0 Å². The fourth-order valence-electron chi connectivity index (χ4n) is 2.61. The van der Waals surface area contributed by atoms with Crippen LogP contribution in [0.2, 0.25) is 5.02 Å². The summed E-state index contributed by atoms with van der Waals surface area (Å²) in [5, 5.41) is 10.5. The van der Waals surface area contributed by atoms with Gasteiger partial charge in [0, 0.05) is 15.5 Å². The molecule has 0 fully saturated rings. The van der Waals surface area contributed by atoms with Crippen LogP contribution < -0.4 is 10.4 Å². The zero-order valence-electron chi connectivity index (χ0n) is 14.4. The summed E-state index contributed by atoms with van der Waals surface area (Å²) in [5.74, 6) is 0.856. The highest BCUT2D eigenvalue weighted by molar-refractivity contribution is 7.99. The van der Waals surface area contributed by atoms with Crippen molar-refractivity contribution in [1.29, 1.82) is 0 Å². The molecule has 4 aromatic rings. The number of aromatic hydroxyl groups is 1. The first-order chi connectivity index (χ1) is 13.6. The molecule has 0 radical (unpaired) electrons. The first-order valence-electron chi connectivity index (χ1n) is 8.33. The third-order valence-corrected chi connectivity index (χ3v) is 5.39. The van der Waals surface area contributed by atoms with Crippen LogP contribution in [-0.2, 0) is 6.61 Å². The molecule has 0 atom stereocenters. The van der Waals surface area contributed by atoms with Gasteiger partial charge in [0.25, 0.3) is 0 Å². The number of hydrogen-bond acceptors (Lipinski definition) is 5. The van der Waals surface area contributed by atoms with E-state index in [-0.39, 0.29) is 11.6 Å². The van der Waals surface area contributed by atoms with Crippen LogP contribution in [0, 0.1) is 0 Å². The van der Waals surface area contributed by atoms with Crippen LogP contribution in [0.25, 0.3) is 11.5 Å². The predicted molar refractivity (Wildman–Crippen MR) is 107 cm³/mol. The molecule has 2 aromatic carbocycles. The van der Waals surface area contributed by atoms with E-state index in [1.54, 1.807) is 6.07 Å². The van der Waals surface area contributed by atoms with E-state index < -0.39 is 5.69 Å². The zero-order chi connectivity index (χ0) is 19.5. The van der Waals surface area contributed by atoms with Gasteiger partial charge in [-0.1, -0.05) is 41.6 Å². The Morgan fingerprint density at radius 1 is 1.07 bits per heavy atom. The predicted octanol–water partition coefficient (Wildman–Crippen LogP) is 5.05. The van der Waals surface area contributed by atoms with Crippen molar-refractivity contribution in [3.63, 3.8) is 0 Å². The van der Waals surface area contributed by atoms with Gasteiger partial charge in [-0.05, 0) is 36.4 Å². The number of aromatic amines is 2. The first kappa shape index (κ1) is 18.3. The molecule has 0 aliphatic carbocycles. The Morgan fingerprint density at radius 2 is 1.86 bits per heavy atom. The summed E-state index contributed by atoms with van der Waals surface area (Å²) >= 11 is 7.58. The SMILES string of the molecule is O=c1[nH]c(O)c(-c2occc2Sc2ccc(OCc3ccccc3Cl)cc2)[nH]1. The second-order valence-corrected chi connectivity index (χ2v) is 7.39. The molecule has 4 rings (SSSR count). The van der Waals surface area contributed by atoms with Crippen LogP contribution in [0.5, 0.6) is 11.6 Å². The number of imidazole rings is 1. The Kier molecular flexibility index (Phi) is 5.18. The zero-order valence-corrected chi connectivity index (χ0v) is 16.0. The van der Waals surface area contributed by atoms with Crippen molar-refractivity contribution < 1.29 is 14.3 Å². The Morgan fingerprint density at radius 3 is 2.57 bits per heavy atom. The maximum Gasteiger partial charge on any atom is 0.326 e. The van der Waals surface area contributed by atoms with Crippen LogP contribution in [0.3, 0.4) is 0 Å². The van der Waals surface area contributed by atoms with E-state index in [1.165, 1.54) is 18.0 Å². The molecule has 0 unspecified atom stereocenters. The van der Waals surface area contributed by atoms with Crippen molar-refractivity contribution in [1.82, 2.24) is 9.97 Å². The highest BCUT2D eigenvalue weighted by Crippen LogP contribution is 2.38. The van der Waals surface area contributed by atoms with Gasteiger partial charge >= 0.3 is 5.69 Å². The van der Waals surface area contributed by atoms with Gasteiger partial charge in [0.1, 0.15) is 18.1 Å². The van der Waals surface area contributed by atoms with E-state index in [2.05, 4.69) is 9.97 Å². The molecule has 0 amide bonds. The number of H-pyrrole nitrogens is 2. The normalized spacial score (nSPS) is 10.9. The summed E-state index contributed by atoms with van der Waals surface area (Å²) < 4.78 is 11.2. The average Bonchev–Trinajstić information content (AvgIpc) is 3.27. The van der Waals surface area contributed by atoms with Gasteiger partial charge in [-0.25, -0.2) is 4.79 Å². The molecule has 0 aliphatic rings. The van der Waals surface area contributed by atoms with Crippen molar-refractivity contribution >= 4 is 23.4 Å². The van der Waals surface area contributed by atoms with Crippen LogP contribution in [0.1, 0.15) is 5.56 Å². The number of furan rings is 1. The highest BCUT2D eigenvalue weighted by Gasteiger charge is 2.17. The lowest BCUT2D eigenvalue weighted by Gasteiger charge is -2.08. The van der Waals surface area contributed by atoms with Crippen molar-refractivity contribution in [2.24, 2.45) is 0 Å². The van der Waals surface area contributed by atoms with E-state index in [9.17, 15) is 9.90 Å². The van der Waals surface area contributed by atoms with Crippen LogP contribution >= 0.6 is 23.4 Å². The summed E-state index contributed by atoms with van der Waals surface area (Å²) in [6, 6.07) is 16.9. The number of hydrogen-bond donors (Lipinski definition) is 3. The monoisotopic (exact) mass is 414 g/mol. The minimum Gasteiger partial charge on any atom is -0.493 e. The summed E-state index contributed by atoms with van der Waals surface area (Å²) in [5.41, 5.74) is 0.642. The summed E-state index contributed by atoms with van der Waals surface area (Å²) in [6.07, 6.45) is 1.50. The number of ether oxygens (including phenoxy) is 1. The number of halogens is 1. The van der Waals surface area contributed by atoms with Gasteiger partial charge in [-0.15, -0.1) is 0 Å². The van der Waals surface area contributed by atoms with Gasteiger partial charge in [0.05, 0.1) is 11.2 Å². The van der Waals surface area contributed by atoms with Crippen LogP contribution in [0.4, 0.5) is 0 Å². The largest absolute Gasteiger partial charge is 0.493 e. The third kappa shape index (κ3) is 3.95. The van der Waals surface area contributed by atoms with Gasteiger partial charge < -0.3 is 14.3 Å². The lowest BCUT2D eigenvalue weighted by atomic mass is 10.2. The van der Waals surface area contributed by atoms with Gasteiger partial charge in [-0.2, -0.15) is 0 Å². The lowest BCUT2D eigenvalue weighted by molar-refractivity contribution is 0.306. The second-order valence-electron chi connectivity index (χ2n) is 5.87. The fourth-order valence-corrected chi connectivity index (χ4v) is 3.69. The number of nitrogens with one attached hydrogen (secondary N) is 2. The molecular formula is C20H15ClN2O4S. The summed E-state index contributed by atoms with van der Waals surface area (Å²) in [7, 11) is 0. The molecule has 0 spiro atoms. The molecule has 0 bridgehead atoms. The molecule has 0 saturated carbocycles. The maximum absolute atomic E-state index is 11.4. The minimum atomic E-state index is -0.500. The standard InChI is InChI=1S/C20H15ClN2O4S/c21-15-4-2-1-3-12(15)11-27-13-5-7-14(8-6-13)28-16-9-10-26-18(16)17-19(24)23-20(25)22-17/h1-10,24H,11H2,(H2,22,23,25). The Balaban J connectivity index is 1.46. The van der Waals surface area contributed by atoms with Gasteiger partial charge in [0.2, 0.25) is 5.88 Å². The topological polar surface area (TPSA) is 91.2 Å². The second kappa shape index (κ2) is 7.92. The molecule has 0 aliphatic heterocycles. The smallest absolute Gasteiger partial charge is 0.326 e. The lowest BCUT2D eigenvalue weighted by Crippen LogP contribution is -2.00. The van der Waals surface area contributed by atoms with Crippen molar-refractivity contribution in [2.75, 3.05) is 0 Å². The molecule has 2 heterocycles. The molecule has 8 heteroatoms. The molecule has 28 heavy (non-hydrogen) atoms.